The Labute approximate surface area is 65.2 Å². The summed E-state index contributed by atoms with van der Waals surface area (Å²) in [5.74, 6) is 4.95. The number of hydrazine groups is 1. The van der Waals surface area contributed by atoms with Crippen LogP contribution in [0.25, 0.3) is 0 Å². The zero-order valence-corrected chi connectivity index (χ0v) is 6.34. The predicted octanol–water partition coefficient (Wildman–Crippen LogP) is 1.35. The van der Waals surface area contributed by atoms with Crippen LogP contribution >= 0.6 is 0 Å². The molecule has 0 bridgehead atoms. The number of benzene rings is 1. The third kappa shape index (κ3) is 2.00. The lowest BCUT2D eigenvalue weighted by molar-refractivity contribution is 0.585. The minimum atomic E-state index is -0.232. The van der Waals surface area contributed by atoms with Crippen molar-refractivity contribution < 1.29 is 4.39 Å². The Bertz CT molecular complexity index is 237. The molecule has 1 atom stereocenters. The van der Waals surface area contributed by atoms with Crippen molar-refractivity contribution in [3.63, 3.8) is 0 Å². The van der Waals surface area contributed by atoms with E-state index >= 15 is 0 Å². The lowest BCUT2D eigenvalue weighted by Gasteiger charge is -2.09. The Kier molecular flexibility index (Phi) is 2.57. The third-order valence-electron chi connectivity index (χ3n) is 1.60. The Hall–Kier alpha value is -0.930. The molecule has 60 valence electrons. The normalized spacial score (nSPS) is 13.0. The molecule has 11 heavy (non-hydrogen) atoms. The van der Waals surface area contributed by atoms with Gasteiger partial charge in [0.25, 0.3) is 0 Å². The van der Waals surface area contributed by atoms with Gasteiger partial charge < -0.3 is 0 Å². The van der Waals surface area contributed by atoms with Gasteiger partial charge in [0.1, 0.15) is 5.82 Å². The third-order valence-corrected chi connectivity index (χ3v) is 1.60. The minimum Gasteiger partial charge on any atom is -0.271 e. The number of hydrogen-bond donors (Lipinski definition) is 2. The van der Waals surface area contributed by atoms with E-state index in [-0.39, 0.29) is 11.9 Å². The van der Waals surface area contributed by atoms with Gasteiger partial charge in [-0.1, -0.05) is 12.1 Å². The molecule has 0 radical (unpaired) electrons. The molecule has 0 spiro atoms. The summed E-state index contributed by atoms with van der Waals surface area (Å²) in [6.07, 6.45) is 0. The van der Waals surface area contributed by atoms with Crippen molar-refractivity contribution in [1.29, 1.82) is 0 Å². The SMILES string of the molecule is C[C@H](NN)c1cccc(F)c1. The van der Waals surface area contributed by atoms with Gasteiger partial charge in [-0.2, -0.15) is 0 Å². The summed E-state index contributed by atoms with van der Waals surface area (Å²) in [6, 6.07) is 6.36. The quantitative estimate of drug-likeness (QED) is 0.498. The van der Waals surface area contributed by atoms with Crippen LogP contribution in [0, 0.1) is 5.82 Å². The number of nitrogens with two attached hydrogens (primary N) is 1. The molecule has 1 aromatic rings. The fourth-order valence-electron chi connectivity index (χ4n) is 0.872. The average molecular weight is 154 g/mol. The van der Waals surface area contributed by atoms with Crippen LogP contribution in [0.4, 0.5) is 4.39 Å². The van der Waals surface area contributed by atoms with Crippen molar-refractivity contribution in [2.24, 2.45) is 5.84 Å². The van der Waals surface area contributed by atoms with Crippen molar-refractivity contribution in [2.75, 3.05) is 0 Å². The first-order valence-corrected chi connectivity index (χ1v) is 3.45. The van der Waals surface area contributed by atoms with E-state index in [2.05, 4.69) is 5.43 Å². The first kappa shape index (κ1) is 8.17. The first-order chi connectivity index (χ1) is 5.24. The summed E-state index contributed by atoms with van der Waals surface area (Å²) in [7, 11) is 0. The van der Waals surface area contributed by atoms with E-state index in [0.717, 1.165) is 5.56 Å². The van der Waals surface area contributed by atoms with E-state index in [9.17, 15) is 4.39 Å². The van der Waals surface area contributed by atoms with Crippen molar-refractivity contribution in [1.82, 2.24) is 5.43 Å². The molecule has 0 aromatic heterocycles. The molecule has 1 rings (SSSR count). The van der Waals surface area contributed by atoms with Crippen LogP contribution < -0.4 is 11.3 Å². The molecular weight excluding hydrogens is 143 g/mol. The van der Waals surface area contributed by atoms with Gasteiger partial charge in [0, 0.05) is 6.04 Å². The van der Waals surface area contributed by atoms with Crippen molar-refractivity contribution in [2.45, 2.75) is 13.0 Å². The van der Waals surface area contributed by atoms with E-state index < -0.39 is 0 Å². The molecule has 0 fully saturated rings. The van der Waals surface area contributed by atoms with Crippen LogP contribution in [0.5, 0.6) is 0 Å². The molecule has 3 heteroatoms. The Morgan fingerprint density at radius 1 is 1.55 bits per heavy atom. The predicted molar refractivity (Wildman–Crippen MR) is 42.1 cm³/mol. The minimum absolute atomic E-state index is 0.00861. The van der Waals surface area contributed by atoms with E-state index in [1.165, 1.54) is 12.1 Å². The molecule has 0 saturated carbocycles. The van der Waals surface area contributed by atoms with Crippen molar-refractivity contribution in [3.8, 4) is 0 Å². The van der Waals surface area contributed by atoms with Crippen LogP contribution in [0.1, 0.15) is 18.5 Å². The molecular formula is C8H11FN2. The maximum absolute atomic E-state index is 12.6. The van der Waals surface area contributed by atoms with Crippen molar-refractivity contribution in [3.05, 3.63) is 35.6 Å². The summed E-state index contributed by atoms with van der Waals surface area (Å²) >= 11 is 0. The van der Waals surface area contributed by atoms with Crippen molar-refractivity contribution >= 4 is 0 Å². The Morgan fingerprint density at radius 2 is 2.27 bits per heavy atom. The summed E-state index contributed by atoms with van der Waals surface area (Å²) in [5.41, 5.74) is 3.40. The molecule has 0 unspecified atom stereocenters. The highest BCUT2D eigenvalue weighted by Crippen LogP contribution is 2.11. The lowest BCUT2D eigenvalue weighted by atomic mass is 10.1. The zero-order valence-electron chi connectivity index (χ0n) is 6.34. The second kappa shape index (κ2) is 3.46. The van der Waals surface area contributed by atoms with E-state index in [1.54, 1.807) is 6.07 Å². The second-order valence-electron chi connectivity index (χ2n) is 2.44. The fourth-order valence-corrected chi connectivity index (χ4v) is 0.872. The van der Waals surface area contributed by atoms with Crippen LogP contribution in [-0.4, -0.2) is 0 Å². The second-order valence-corrected chi connectivity index (χ2v) is 2.44. The Balaban J connectivity index is 2.86. The fraction of sp³-hybridized carbons (Fsp3) is 0.250. The highest BCUT2D eigenvalue weighted by molar-refractivity contribution is 5.19. The van der Waals surface area contributed by atoms with Gasteiger partial charge in [0.15, 0.2) is 0 Å². The molecule has 2 nitrogen and oxygen atoms in total. The molecule has 0 heterocycles. The van der Waals surface area contributed by atoms with Gasteiger partial charge >= 0.3 is 0 Å². The molecule has 3 N–H and O–H groups in total. The summed E-state index contributed by atoms with van der Waals surface area (Å²) in [5, 5.41) is 0. The van der Waals surface area contributed by atoms with Crippen LogP contribution in [0.2, 0.25) is 0 Å². The highest BCUT2D eigenvalue weighted by atomic mass is 19.1. The first-order valence-electron chi connectivity index (χ1n) is 3.45. The Morgan fingerprint density at radius 3 is 2.82 bits per heavy atom. The van der Waals surface area contributed by atoms with Crippen LogP contribution in [0.3, 0.4) is 0 Å². The monoisotopic (exact) mass is 154 g/mol. The highest BCUT2D eigenvalue weighted by Gasteiger charge is 2.01. The number of hydrogen-bond acceptors (Lipinski definition) is 2. The molecule has 0 amide bonds. The van der Waals surface area contributed by atoms with Gasteiger partial charge in [-0.05, 0) is 24.6 Å². The van der Waals surface area contributed by atoms with E-state index in [1.807, 2.05) is 13.0 Å². The van der Waals surface area contributed by atoms with Gasteiger partial charge in [0.2, 0.25) is 0 Å². The summed E-state index contributed by atoms with van der Waals surface area (Å²) < 4.78 is 12.6. The van der Waals surface area contributed by atoms with Crippen LogP contribution in [-0.2, 0) is 0 Å². The molecule has 0 aliphatic rings. The number of rotatable bonds is 2. The lowest BCUT2D eigenvalue weighted by Crippen LogP contribution is -2.25. The molecule has 1 aromatic carbocycles. The maximum Gasteiger partial charge on any atom is 0.123 e. The molecule has 0 saturated heterocycles. The van der Waals surface area contributed by atoms with Gasteiger partial charge in [-0.3, -0.25) is 11.3 Å². The average Bonchev–Trinajstić information content (AvgIpc) is 2.03. The molecule has 0 aliphatic carbocycles. The summed E-state index contributed by atoms with van der Waals surface area (Å²) in [6.45, 7) is 1.87. The van der Waals surface area contributed by atoms with Crippen LogP contribution in [0.15, 0.2) is 24.3 Å². The largest absolute Gasteiger partial charge is 0.271 e. The number of halogens is 1. The smallest absolute Gasteiger partial charge is 0.123 e. The van der Waals surface area contributed by atoms with E-state index in [0.29, 0.717) is 0 Å². The van der Waals surface area contributed by atoms with Gasteiger partial charge in [-0.25, -0.2) is 4.39 Å². The van der Waals surface area contributed by atoms with Gasteiger partial charge in [0.05, 0.1) is 0 Å². The summed E-state index contributed by atoms with van der Waals surface area (Å²) in [4.78, 5) is 0. The number of nitrogens with one attached hydrogen (secondary N) is 1. The zero-order chi connectivity index (χ0) is 8.27. The standard InChI is InChI=1S/C8H11FN2/c1-6(11-10)7-3-2-4-8(9)5-7/h2-6,11H,10H2,1H3/t6-/m0/s1. The molecule has 0 aliphatic heterocycles. The maximum atomic E-state index is 12.6. The van der Waals surface area contributed by atoms with Gasteiger partial charge in [-0.15, -0.1) is 0 Å². The van der Waals surface area contributed by atoms with E-state index in [4.69, 9.17) is 5.84 Å². The topological polar surface area (TPSA) is 38.0 Å².